The van der Waals surface area contributed by atoms with E-state index in [0.717, 1.165) is 12.0 Å². The SMILES string of the molecule is COc1ccc2c(c1OC)C(=O)O[C@@H]2NCCc1ccccc1. The summed E-state index contributed by atoms with van der Waals surface area (Å²) in [6, 6.07) is 13.8. The predicted molar refractivity (Wildman–Crippen MR) is 85.9 cm³/mol. The van der Waals surface area contributed by atoms with Crippen LogP contribution in [0, 0.1) is 0 Å². The maximum absolute atomic E-state index is 12.2. The van der Waals surface area contributed by atoms with Gasteiger partial charge < -0.3 is 14.2 Å². The molecule has 0 saturated carbocycles. The molecule has 1 aliphatic heterocycles. The zero-order chi connectivity index (χ0) is 16.2. The van der Waals surface area contributed by atoms with E-state index >= 15 is 0 Å². The third-order valence-corrected chi connectivity index (χ3v) is 3.88. The molecular weight excluding hydrogens is 294 g/mol. The van der Waals surface area contributed by atoms with Gasteiger partial charge in [0, 0.05) is 12.1 Å². The summed E-state index contributed by atoms with van der Waals surface area (Å²) in [5, 5.41) is 3.27. The molecule has 0 unspecified atom stereocenters. The third kappa shape index (κ3) is 3.00. The Bertz CT molecular complexity index is 700. The fraction of sp³-hybridized carbons (Fsp3) is 0.278. The first-order chi connectivity index (χ1) is 11.2. The van der Waals surface area contributed by atoms with Gasteiger partial charge in [0.2, 0.25) is 0 Å². The summed E-state index contributed by atoms with van der Waals surface area (Å²) in [5.41, 5.74) is 2.45. The van der Waals surface area contributed by atoms with Crippen LogP contribution in [0.3, 0.4) is 0 Å². The van der Waals surface area contributed by atoms with Gasteiger partial charge in [-0.2, -0.15) is 0 Å². The maximum Gasteiger partial charge on any atom is 0.344 e. The summed E-state index contributed by atoms with van der Waals surface area (Å²) < 4.78 is 16.0. The first-order valence-electron chi connectivity index (χ1n) is 7.47. The van der Waals surface area contributed by atoms with Crippen LogP contribution in [0.4, 0.5) is 0 Å². The van der Waals surface area contributed by atoms with Gasteiger partial charge in [0.25, 0.3) is 0 Å². The second-order valence-electron chi connectivity index (χ2n) is 5.24. The van der Waals surface area contributed by atoms with Crippen LogP contribution in [0.2, 0.25) is 0 Å². The number of hydrogen-bond acceptors (Lipinski definition) is 5. The quantitative estimate of drug-likeness (QED) is 0.831. The topological polar surface area (TPSA) is 56.8 Å². The van der Waals surface area contributed by atoms with E-state index in [1.807, 2.05) is 24.3 Å². The largest absolute Gasteiger partial charge is 0.493 e. The molecule has 23 heavy (non-hydrogen) atoms. The number of cyclic esters (lactones) is 1. The van der Waals surface area contributed by atoms with Crippen molar-refractivity contribution >= 4 is 5.97 Å². The minimum absolute atomic E-state index is 0.395. The number of nitrogens with one attached hydrogen (secondary N) is 1. The van der Waals surface area contributed by atoms with Gasteiger partial charge in [-0.15, -0.1) is 0 Å². The van der Waals surface area contributed by atoms with Gasteiger partial charge in [-0.25, -0.2) is 4.79 Å². The van der Waals surface area contributed by atoms with Crippen LogP contribution in [-0.4, -0.2) is 26.7 Å². The lowest BCUT2D eigenvalue weighted by Gasteiger charge is -2.14. The summed E-state index contributed by atoms with van der Waals surface area (Å²) in [5.74, 6) is 0.545. The Balaban J connectivity index is 1.74. The van der Waals surface area contributed by atoms with Crippen molar-refractivity contribution in [3.05, 3.63) is 59.2 Å². The van der Waals surface area contributed by atoms with Gasteiger partial charge in [0.05, 0.1) is 14.2 Å². The number of ether oxygens (including phenoxy) is 3. The molecule has 120 valence electrons. The molecule has 0 saturated heterocycles. The summed E-state index contributed by atoms with van der Waals surface area (Å²) in [7, 11) is 3.06. The molecule has 5 heteroatoms. The van der Waals surface area contributed by atoms with Crippen molar-refractivity contribution in [1.29, 1.82) is 0 Å². The molecule has 1 heterocycles. The maximum atomic E-state index is 12.2. The summed E-state index contributed by atoms with van der Waals surface area (Å²) in [6.45, 7) is 0.704. The van der Waals surface area contributed by atoms with Crippen LogP contribution < -0.4 is 14.8 Å². The Morgan fingerprint density at radius 1 is 1.09 bits per heavy atom. The number of methoxy groups -OCH3 is 2. The molecule has 2 aromatic rings. The van der Waals surface area contributed by atoms with Crippen molar-refractivity contribution in [2.45, 2.75) is 12.6 Å². The molecule has 2 aromatic carbocycles. The van der Waals surface area contributed by atoms with Gasteiger partial charge >= 0.3 is 5.97 Å². The fourth-order valence-electron chi connectivity index (χ4n) is 2.74. The average Bonchev–Trinajstić information content (AvgIpc) is 2.91. The molecule has 5 nitrogen and oxygen atoms in total. The van der Waals surface area contributed by atoms with E-state index in [1.165, 1.54) is 12.7 Å². The average molecular weight is 313 g/mol. The Labute approximate surface area is 135 Å². The number of carbonyl (C=O) groups excluding carboxylic acids is 1. The summed E-state index contributed by atoms with van der Waals surface area (Å²) in [6.07, 6.45) is 0.401. The van der Waals surface area contributed by atoms with Gasteiger partial charge in [-0.1, -0.05) is 30.3 Å². The van der Waals surface area contributed by atoms with Crippen LogP contribution in [0.15, 0.2) is 42.5 Å². The lowest BCUT2D eigenvalue weighted by atomic mass is 10.1. The summed E-state index contributed by atoms with van der Waals surface area (Å²) in [4.78, 5) is 12.2. The van der Waals surface area contributed by atoms with E-state index in [2.05, 4.69) is 17.4 Å². The number of carbonyl (C=O) groups is 1. The van der Waals surface area contributed by atoms with Crippen LogP contribution in [0.1, 0.15) is 27.7 Å². The first kappa shape index (κ1) is 15.4. The number of benzene rings is 2. The molecule has 0 bridgehead atoms. The van der Waals surface area contributed by atoms with E-state index in [-0.39, 0.29) is 0 Å². The highest BCUT2D eigenvalue weighted by Gasteiger charge is 2.35. The Morgan fingerprint density at radius 3 is 2.57 bits per heavy atom. The van der Waals surface area contributed by atoms with Crippen LogP contribution in [-0.2, 0) is 11.2 Å². The number of rotatable bonds is 6. The predicted octanol–water partition coefficient (Wildman–Crippen LogP) is 2.71. The van der Waals surface area contributed by atoms with Gasteiger partial charge in [0.15, 0.2) is 17.7 Å². The van der Waals surface area contributed by atoms with E-state index in [1.54, 1.807) is 13.2 Å². The number of fused-ring (bicyclic) bond motifs is 1. The second kappa shape index (κ2) is 6.71. The van der Waals surface area contributed by atoms with Crippen molar-refractivity contribution in [2.75, 3.05) is 20.8 Å². The highest BCUT2D eigenvalue weighted by molar-refractivity contribution is 5.98. The molecule has 1 N–H and O–H groups in total. The van der Waals surface area contributed by atoms with Gasteiger partial charge in [-0.3, -0.25) is 5.32 Å². The molecule has 0 spiro atoms. The molecule has 0 fully saturated rings. The highest BCUT2D eigenvalue weighted by Crippen LogP contribution is 2.40. The van der Waals surface area contributed by atoms with Crippen molar-refractivity contribution < 1.29 is 19.0 Å². The zero-order valence-electron chi connectivity index (χ0n) is 13.2. The van der Waals surface area contributed by atoms with E-state index in [4.69, 9.17) is 14.2 Å². The normalized spacial score (nSPS) is 15.9. The third-order valence-electron chi connectivity index (χ3n) is 3.88. The minimum atomic E-state index is -0.457. The van der Waals surface area contributed by atoms with E-state index in [0.29, 0.717) is 23.6 Å². The molecule has 0 aromatic heterocycles. The Kier molecular flexibility index (Phi) is 4.48. The molecule has 0 amide bonds. The number of esters is 1. The summed E-state index contributed by atoms with van der Waals surface area (Å²) >= 11 is 0. The Hall–Kier alpha value is -2.53. The molecule has 0 aliphatic carbocycles. The standard InChI is InChI=1S/C18H19NO4/c1-21-14-9-8-13-15(16(14)22-2)18(20)23-17(13)19-11-10-12-6-4-3-5-7-12/h3-9,17,19H,10-11H2,1-2H3/t17-/m0/s1. The monoisotopic (exact) mass is 313 g/mol. The van der Waals surface area contributed by atoms with E-state index < -0.39 is 12.2 Å². The van der Waals surface area contributed by atoms with Crippen LogP contribution >= 0.6 is 0 Å². The van der Waals surface area contributed by atoms with Gasteiger partial charge in [0.1, 0.15) is 5.56 Å². The lowest BCUT2D eigenvalue weighted by Crippen LogP contribution is -2.23. The number of hydrogen-bond donors (Lipinski definition) is 1. The lowest BCUT2D eigenvalue weighted by molar-refractivity contribution is 0.0309. The highest BCUT2D eigenvalue weighted by atomic mass is 16.6. The van der Waals surface area contributed by atoms with E-state index in [9.17, 15) is 4.79 Å². The van der Waals surface area contributed by atoms with Crippen LogP contribution in [0.5, 0.6) is 11.5 Å². The molecule has 1 aliphatic rings. The van der Waals surface area contributed by atoms with Crippen molar-refractivity contribution in [3.63, 3.8) is 0 Å². The smallest absolute Gasteiger partial charge is 0.344 e. The first-order valence-corrected chi connectivity index (χ1v) is 7.47. The molecular formula is C18H19NO4. The Morgan fingerprint density at radius 2 is 1.87 bits per heavy atom. The minimum Gasteiger partial charge on any atom is -0.493 e. The van der Waals surface area contributed by atoms with Gasteiger partial charge in [-0.05, 0) is 24.1 Å². The molecule has 1 atom stereocenters. The van der Waals surface area contributed by atoms with Crippen molar-refractivity contribution in [2.24, 2.45) is 0 Å². The molecule has 0 radical (unpaired) electrons. The molecule has 3 rings (SSSR count). The van der Waals surface area contributed by atoms with Crippen molar-refractivity contribution in [3.8, 4) is 11.5 Å². The van der Waals surface area contributed by atoms with Crippen molar-refractivity contribution in [1.82, 2.24) is 5.32 Å². The second-order valence-corrected chi connectivity index (χ2v) is 5.24. The fourth-order valence-corrected chi connectivity index (χ4v) is 2.74. The van der Waals surface area contributed by atoms with Crippen LogP contribution in [0.25, 0.3) is 0 Å². The zero-order valence-corrected chi connectivity index (χ0v) is 13.2.